The number of likely N-dealkylation sites (N-methyl/N-ethyl adjacent to an activating group) is 1. The van der Waals surface area contributed by atoms with Crippen molar-refractivity contribution in [1.82, 2.24) is 4.90 Å². The molecule has 0 saturated carbocycles. The highest BCUT2D eigenvalue weighted by molar-refractivity contribution is 5.63. The Morgan fingerprint density at radius 2 is 1.87 bits per heavy atom. The van der Waals surface area contributed by atoms with Crippen LogP contribution in [0.4, 0.5) is 0 Å². The second-order valence-corrected chi connectivity index (χ2v) is 8.08. The van der Waals surface area contributed by atoms with E-state index in [-0.39, 0.29) is 11.8 Å². The largest absolute Gasteiger partial charge is 0.440 e. The molecule has 4 rings (SSSR count). The Bertz CT molecular complexity index is 1120. The maximum absolute atomic E-state index is 9.89. The third-order valence-corrected chi connectivity index (χ3v) is 5.81. The van der Waals surface area contributed by atoms with E-state index in [9.17, 15) is 5.26 Å². The van der Waals surface area contributed by atoms with Gasteiger partial charge in [-0.15, -0.1) is 0 Å². The zero-order chi connectivity index (χ0) is 21.3. The minimum absolute atomic E-state index is 0.186. The van der Waals surface area contributed by atoms with Crippen molar-refractivity contribution >= 4 is 6.08 Å². The highest BCUT2D eigenvalue weighted by atomic mass is 16.5. The Hall–Kier alpha value is -3.29. The van der Waals surface area contributed by atoms with Gasteiger partial charge in [0.25, 0.3) is 0 Å². The fourth-order valence-electron chi connectivity index (χ4n) is 4.36. The molecule has 0 radical (unpaired) electrons. The number of hydrogen-bond acceptors (Lipinski definition) is 4. The monoisotopic (exact) mass is 397 g/mol. The quantitative estimate of drug-likeness (QED) is 0.809. The molecule has 0 aromatic heterocycles. The molecule has 1 unspecified atom stereocenters. The van der Waals surface area contributed by atoms with Crippen molar-refractivity contribution in [2.75, 3.05) is 19.6 Å². The van der Waals surface area contributed by atoms with E-state index in [0.717, 1.165) is 53.2 Å². The van der Waals surface area contributed by atoms with E-state index in [2.05, 4.69) is 80.3 Å². The van der Waals surface area contributed by atoms with Crippen molar-refractivity contribution in [1.29, 1.82) is 5.26 Å². The summed E-state index contributed by atoms with van der Waals surface area (Å²) in [5.41, 5.74) is 13.6. The number of hydrogen-bond donors (Lipinski definition) is 1. The van der Waals surface area contributed by atoms with Gasteiger partial charge in [0, 0.05) is 18.7 Å². The van der Waals surface area contributed by atoms with Gasteiger partial charge in [0.15, 0.2) is 0 Å². The van der Waals surface area contributed by atoms with Gasteiger partial charge >= 0.3 is 0 Å². The van der Waals surface area contributed by atoms with Crippen molar-refractivity contribution in [3.63, 3.8) is 0 Å². The number of rotatable bonds is 3. The second-order valence-electron chi connectivity index (χ2n) is 8.08. The molecule has 0 saturated heterocycles. The summed E-state index contributed by atoms with van der Waals surface area (Å²) in [4.78, 5) is 2.38. The van der Waals surface area contributed by atoms with Crippen LogP contribution in [0.5, 0.6) is 0 Å². The maximum Gasteiger partial charge on any atom is 0.205 e. The molecule has 2 heterocycles. The number of nitriles is 1. The molecule has 30 heavy (non-hydrogen) atoms. The van der Waals surface area contributed by atoms with Crippen LogP contribution in [0.15, 0.2) is 76.9 Å². The minimum Gasteiger partial charge on any atom is -0.440 e. The van der Waals surface area contributed by atoms with Gasteiger partial charge in [-0.05, 0) is 43.2 Å². The van der Waals surface area contributed by atoms with Crippen LogP contribution in [0.1, 0.15) is 35.1 Å². The van der Waals surface area contributed by atoms with E-state index in [1.807, 2.05) is 6.07 Å². The molecule has 2 N–H and O–H groups in total. The van der Waals surface area contributed by atoms with Crippen molar-refractivity contribution in [2.45, 2.75) is 26.7 Å². The van der Waals surface area contributed by atoms with Crippen LogP contribution in [-0.2, 0) is 4.74 Å². The molecule has 2 aliphatic heterocycles. The molecule has 4 heteroatoms. The van der Waals surface area contributed by atoms with Gasteiger partial charge in [0.1, 0.15) is 17.4 Å². The number of aryl methyl sites for hydroxylation is 2. The summed E-state index contributed by atoms with van der Waals surface area (Å²) in [6, 6.07) is 19.1. The van der Waals surface area contributed by atoms with Crippen LogP contribution in [0, 0.1) is 25.2 Å². The molecular weight excluding hydrogens is 370 g/mol. The molecule has 0 spiro atoms. The molecule has 2 aromatic carbocycles. The zero-order valence-electron chi connectivity index (χ0n) is 17.8. The predicted octanol–water partition coefficient (Wildman–Crippen LogP) is 4.78. The summed E-state index contributed by atoms with van der Waals surface area (Å²) in [6.45, 7) is 8.80. The highest BCUT2D eigenvalue weighted by Gasteiger charge is 2.37. The van der Waals surface area contributed by atoms with Crippen LogP contribution in [0.25, 0.3) is 6.08 Å². The third-order valence-electron chi connectivity index (χ3n) is 5.81. The van der Waals surface area contributed by atoms with Crippen molar-refractivity contribution in [3.8, 4) is 6.07 Å². The van der Waals surface area contributed by atoms with Crippen molar-refractivity contribution in [2.24, 2.45) is 5.73 Å². The van der Waals surface area contributed by atoms with Gasteiger partial charge in [-0.1, -0.05) is 66.6 Å². The smallest absolute Gasteiger partial charge is 0.205 e. The summed E-state index contributed by atoms with van der Waals surface area (Å²) < 4.78 is 6.10. The number of nitrogens with two attached hydrogens (primary N) is 1. The van der Waals surface area contributed by atoms with E-state index in [4.69, 9.17) is 10.5 Å². The second kappa shape index (κ2) is 8.22. The Labute approximate surface area is 178 Å². The summed E-state index contributed by atoms with van der Waals surface area (Å²) >= 11 is 0. The van der Waals surface area contributed by atoms with Gasteiger partial charge in [-0.2, -0.15) is 5.26 Å². The first-order valence-electron chi connectivity index (χ1n) is 10.4. The molecule has 0 bridgehead atoms. The third kappa shape index (κ3) is 3.77. The molecule has 0 fully saturated rings. The fraction of sp³-hybridized carbons (Fsp3) is 0.269. The van der Waals surface area contributed by atoms with Gasteiger partial charge in [-0.3, -0.25) is 4.90 Å². The summed E-state index contributed by atoms with van der Waals surface area (Å²) in [7, 11) is 0. The number of allylic oxidation sites excluding steroid dienone is 1. The van der Waals surface area contributed by atoms with Crippen LogP contribution in [-0.4, -0.2) is 24.5 Å². The molecule has 0 amide bonds. The first-order chi connectivity index (χ1) is 14.5. The Morgan fingerprint density at radius 1 is 1.13 bits per heavy atom. The number of ether oxygens (including phenoxy) is 1. The Kier molecular flexibility index (Phi) is 5.48. The van der Waals surface area contributed by atoms with Gasteiger partial charge in [-0.25, -0.2) is 0 Å². The van der Waals surface area contributed by atoms with Crippen molar-refractivity contribution in [3.05, 3.63) is 99.1 Å². The highest BCUT2D eigenvalue weighted by Crippen LogP contribution is 2.43. The molecule has 2 aliphatic rings. The average Bonchev–Trinajstić information content (AvgIpc) is 2.73. The lowest BCUT2D eigenvalue weighted by atomic mass is 9.80. The SMILES string of the molecule is CCN1CC(=Cc2cccc(C)c2)C2=C(C1)C(c1cccc(C)c1)C(C#N)=C(N)O2. The standard InChI is InChI=1S/C26H27N3O/c1-4-29-15-21(13-19-9-5-7-17(2)11-19)25-23(16-29)24(22(14-27)26(28)30-25)20-10-6-8-18(3)12-20/h5-13,24H,4,15-16,28H2,1-3H3. The van der Waals surface area contributed by atoms with E-state index < -0.39 is 0 Å². The lowest BCUT2D eigenvalue weighted by molar-refractivity contribution is 0.239. The topological polar surface area (TPSA) is 62.3 Å². The Balaban J connectivity index is 1.89. The minimum atomic E-state index is -0.186. The van der Waals surface area contributed by atoms with E-state index in [1.54, 1.807) is 0 Å². The molecule has 4 nitrogen and oxygen atoms in total. The average molecular weight is 398 g/mol. The number of nitrogens with zero attached hydrogens (tertiary/aromatic N) is 2. The molecule has 0 aliphatic carbocycles. The lowest BCUT2D eigenvalue weighted by Gasteiger charge is -2.38. The maximum atomic E-state index is 9.89. The van der Waals surface area contributed by atoms with Gasteiger partial charge < -0.3 is 10.5 Å². The Morgan fingerprint density at radius 3 is 2.53 bits per heavy atom. The van der Waals surface area contributed by atoms with Crippen molar-refractivity contribution < 1.29 is 4.74 Å². The molecule has 2 aromatic rings. The summed E-state index contributed by atoms with van der Waals surface area (Å²) in [5.74, 6) is 0.848. The van der Waals surface area contributed by atoms with E-state index in [1.165, 1.54) is 5.56 Å². The van der Waals surface area contributed by atoms with Gasteiger partial charge in [0.2, 0.25) is 5.88 Å². The van der Waals surface area contributed by atoms with Crippen LogP contribution in [0.2, 0.25) is 0 Å². The van der Waals surface area contributed by atoms with E-state index in [0.29, 0.717) is 5.57 Å². The van der Waals surface area contributed by atoms with Gasteiger partial charge in [0.05, 0.1) is 5.92 Å². The zero-order valence-corrected chi connectivity index (χ0v) is 17.8. The van der Waals surface area contributed by atoms with Crippen LogP contribution in [0.3, 0.4) is 0 Å². The normalized spacial score (nSPS) is 20.7. The van der Waals surface area contributed by atoms with Crippen LogP contribution >= 0.6 is 0 Å². The first-order valence-corrected chi connectivity index (χ1v) is 10.4. The number of benzene rings is 2. The lowest BCUT2D eigenvalue weighted by Crippen LogP contribution is -2.38. The molecule has 1 atom stereocenters. The predicted molar refractivity (Wildman–Crippen MR) is 120 cm³/mol. The van der Waals surface area contributed by atoms with Crippen LogP contribution < -0.4 is 5.73 Å². The fourth-order valence-corrected chi connectivity index (χ4v) is 4.36. The summed E-state index contributed by atoms with van der Waals surface area (Å²) in [5, 5.41) is 9.89. The van der Waals surface area contributed by atoms with E-state index >= 15 is 0 Å². The first kappa shape index (κ1) is 20.0. The molecular formula is C26H27N3O. The molecule has 152 valence electrons. The summed E-state index contributed by atoms with van der Waals surface area (Å²) in [6.07, 6.45) is 2.18.